The third kappa shape index (κ3) is 41.5. The van der Waals surface area contributed by atoms with Crippen LogP contribution < -0.4 is 5.32 Å². The van der Waals surface area contributed by atoms with Gasteiger partial charge in [0.2, 0.25) is 5.91 Å². The maximum absolute atomic E-state index is 13.3. The van der Waals surface area contributed by atoms with Crippen LogP contribution in [-0.4, -0.2) is 140 Å². The highest BCUT2D eigenvalue weighted by molar-refractivity contribution is 5.76. The molecule has 0 aromatic carbocycles. The van der Waals surface area contributed by atoms with Crippen molar-refractivity contribution in [1.82, 2.24) is 5.32 Å². The van der Waals surface area contributed by atoms with Gasteiger partial charge in [-0.3, -0.25) is 4.79 Å². The van der Waals surface area contributed by atoms with Crippen LogP contribution in [0.4, 0.5) is 0 Å². The fourth-order valence-electron chi connectivity index (χ4n) is 9.74. The summed E-state index contributed by atoms with van der Waals surface area (Å²) in [5.74, 6) is -0.293. The summed E-state index contributed by atoms with van der Waals surface area (Å²) in [7, 11) is 0. The quantitative estimate of drug-likeness (QED) is 0.0204. The van der Waals surface area contributed by atoms with Crippen molar-refractivity contribution in [3.8, 4) is 0 Å². The zero-order valence-corrected chi connectivity index (χ0v) is 54.3. The Labute approximate surface area is 537 Å². The van der Waals surface area contributed by atoms with Gasteiger partial charge in [-0.2, -0.15) is 0 Å². The van der Waals surface area contributed by atoms with Crippen molar-refractivity contribution >= 4 is 5.91 Å². The minimum atomic E-state index is -1.81. The molecule has 2 saturated heterocycles. The molecule has 0 spiro atoms. The molecule has 0 aromatic heterocycles. The summed E-state index contributed by atoms with van der Waals surface area (Å²) in [6.45, 7) is 2.61. The van der Waals surface area contributed by atoms with Crippen molar-refractivity contribution in [2.75, 3.05) is 19.8 Å². The van der Waals surface area contributed by atoms with Crippen molar-refractivity contribution in [1.29, 1.82) is 0 Å². The van der Waals surface area contributed by atoms with Crippen LogP contribution in [0.2, 0.25) is 0 Å². The number of ether oxygens (including phenoxy) is 4. The normalized spacial score (nSPS) is 24.2. The fraction of sp³-hybridized carbons (Fsp3) is 0.613. The topological polar surface area (TPSA) is 228 Å². The van der Waals surface area contributed by atoms with Crippen molar-refractivity contribution in [3.05, 3.63) is 170 Å². The molecule has 0 radical (unpaired) electrons. The predicted octanol–water partition coefficient (Wildman–Crippen LogP) is 13.6. The number of nitrogens with one attached hydrogen (secondary N) is 1. The van der Waals surface area contributed by atoms with Crippen LogP contribution >= 0.6 is 0 Å². The lowest BCUT2D eigenvalue weighted by atomic mass is 9.97. The smallest absolute Gasteiger partial charge is 0.220 e. The summed E-state index contributed by atoms with van der Waals surface area (Å²) in [6, 6.07) is -0.970. The molecule has 2 heterocycles. The Bertz CT molecular complexity index is 2150. The van der Waals surface area contributed by atoms with Crippen LogP contribution in [0.3, 0.4) is 0 Å². The number of carbonyl (C=O) groups excluding carboxylic acids is 1. The van der Waals surface area contributed by atoms with E-state index in [-0.39, 0.29) is 18.9 Å². The lowest BCUT2D eigenvalue weighted by Crippen LogP contribution is -2.65. The molecule has 2 rings (SSSR count). The first kappa shape index (κ1) is 80.4. The van der Waals surface area contributed by atoms with Crippen LogP contribution in [0.5, 0.6) is 0 Å². The van der Waals surface area contributed by atoms with Crippen LogP contribution in [0, 0.1) is 0 Å². The maximum Gasteiger partial charge on any atom is 0.220 e. The number of rotatable bonds is 52. The number of hydrogen-bond acceptors (Lipinski definition) is 13. The van der Waals surface area contributed by atoms with E-state index in [1.807, 2.05) is 6.08 Å². The van der Waals surface area contributed by atoms with Crippen molar-refractivity contribution < 1.29 is 64.6 Å². The third-order valence-electron chi connectivity index (χ3n) is 15.1. The molecule has 2 aliphatic rings. The second-order valence-corrected chi connectivity index (χ2v) is 22.8. The number of carbonyl (C=O) groups is 1. The van der Waals surface area contributed by atoms with E-state index in [0.29, 0.717) is 12.8 Å². The number of unbranched alkanes of at least 4 members (excludes halogenated alkanes) is 13. The Morgan fingerprint density at radius 2 is 0.787 bits per heavy atom. The predicted molar refractivity (Wildman–Crippen MR) is 363 cm³/mol. The molecular formula is C75H119NO13. The highest BCUT2D eigenvalue weighted by Gasteiger charge is 2.51. The lowest BCUT2D eigenvalue weighted by Gasteiger charge is -2.46. The Kier molecular flexibility index (Phi) is 51.8. The highest BCUT2D eigenvalue weighted by atomic mass is 16.7. The van der Waals surface area contributed by atoms with E-state index in [1.54, 1.807) is 6.08 Å². The molecular weight excluding hydrogens is 1120 g/mol. The van der Waals surface area contributed by atoms with Crippen molar-refractivity contribution in [2.24, 2.45) is 0 Å². The zero-order chi connectivity index (χ0) is 64.5. The molecule has 2 aliphatic heterocycles. The summed E-state index contributed by atoms with van der Waals surface area (Å²) < 4.78 is 22.8. The molecule has 2 fully saturated rings. The number of aliphatic hydroxyl groups is 8. The summed E-state index contributed by atoms with van der Waals surface area (Å²) in [6.07, 6.45) is 72.5. The maximum atomic E-state index is 13.3. The molecule has 12 unspecified atom stereocenters. The van der Waals surface area contributed by atoms with Crippen LogP contribution in [0.15, 0.2) is 170 Å². The number of amides is 1. The Morgan fingerprint density at radius 3 is 1.24 bits per heavy atom. The van der Waals surface area contributed by atoms with Gasteiger partial charge in [-0.05, 0) is 128 Å². The molecule has 89 heavy (non-hydrogen) atoms. The number of hydrogen-bond donors (Lipinski definition) is 9. The van der Waals surface area contributed by atoms with E-state index in [9.17, 15) is 45.6 Å². The van der Waals surface area contributed by atoms with Crippen molar-refractivity contribution in [3.63, 3.8) is 0 Å². The Morgan fingerprint density at radius 1 is 0.416 bits per heavy atom. The molecule has 0 saturated carbocycles. The molecule has 1 amide bonds. The first-order valence-corrected chi connectivity index (χ1v) is 33.9. The van der Waals surface area contributed by atoms with Gasteiger partial charge in [-0.15, -0.1) is 0 Å². The first-order chi connectivity index (χ1) is 43.6. The fourth-order valence-corrected chi connectivity index (χ4v) is 9.74. The van der Waals surface area contributed by atoms with E-state index in [4.69, 9.17) is 18.9 Å². The summed E-state index contributed by atoms with van der Waals surface area (Å²) in [4.78, 5) is 13.3. The minimum absolute atomic E-state index is 0.218. The molecule has 0 bridgehead atoms. The molecule has 12 atom stereocenters. The van der Waals surface area contributed by atoms with Gasteiger partial charge in [0.1, 0.15) is 48.8 Å². The largest absolute Gasteiger partial charge is 0.394 e. The Hall–Kier alpha value is -4.65. The first-order valence-electron chi connectivity index (χ1n) is 33.9. The van der Waals surface area contributed by atoms with Gasteiger partial charge in [0.25, 0.3) is 0 Å². The van der Waals surface area contributed by atoms with Gasteiger partial charge < -0.3 is 65.1 Å². The van der Waals surface area contributed by atoms with E-state index in [0.717, 1.165) is 116 Å². The Balaban J connectivity index is 1.72. The summed E-state index contributed by atoms with van der Waals surface area (Å²) >= 11 is 0. The third-order valence-corrected chi connectivity index (χ3v) is 15.1. The van der Waals surface area contributed by atoms with E-state index in [2.05, 4.69) is 177 Å². The van der Waals surface area contributed by atoms with E-state index in [1.165, 1.54) is 51.4 Å². The number of allylic oxidation sites excluding steroid dienone is 27. The summed E-state index contributed by atoms with van der Waals surface area (Å²) in [5.41, 5.74) is 0. The van der Waals surface area contributed by atoms with Crippen LogP contribution in [0.1, 0.15) is 200 Å². The molecule has 0 aromatic rings. The van der Waals surface area contributed by atoms with Gasteiger partial charge in [-0.1, -0.05) is 235 Å². The van der Waals surface area contributed by atoms with Gasteiger partial charge in [0.15, 0.2) is 12.6 Å². The van der Waals surface area contributed by atoms with E-state index >= 15 is 0 Å². The zero-order valence-electron chi connectivity index (χ0n) is 54.3. The van der Waals surface area contributed by atoms with Gasteiger partial charge in [-0.25, -0.2) is 0 Å². The molecule has 14 nitrogen and oxygen atoms in total. The standard InChI is InChI=1S/C75H119NO13/c1-3-5-7-9-11-13-15-17-19-21-23-24-25-26-27-28-29-30-31-32-33-34-35-36-37-38-39-40-41-43-45-47-49-51-53-55-57-59-67(80)76-63(64(79)58-56-54-52-50-48-46-44-42-22-20-18-16-14-12-10-8-6-4-2)62-86-74-72(85)70(83)73(66(61-78)88-74)89-75-71(84)69(82)68(81)65(60-77)87-75/h5,7,11,13,17,19,22-24,26-27,29-30,32-33,35-36,38-39,41-43,47-50,56,58,63-66,68-75,77-79,81-85H,3-4,6,8-10,12,14-16,18,20-21,25,28,31,34,37,40,44-46,51-55,57,59-62H2,1-2H3,(H,76,80)/b7-5-,13-11-,19-17-,24-23-,27-26-,30-29-,33-32-,36-35-,39-38-,42-22+,43-41-,49-47-,50-48+,58-56+. The lowest BCUT2D eigenvalue weighted by molar-refractivity contribution is -0.359. The SMILES string of the molecule is CC/C=C\C/C=C\C/C=C\C/C=C\C/C=C\C/C=C\C/C=C\C/C=C\C/C=C\C/C=C\C/C=C\CCCCCC(=O)NC(COC1OC(CO)C(OC2OC(CO)C(O)C(O)C2O)C(O)C1O)C(O)/C=C/CC/C=C/CC/C=C/CCCCCCCCCC. The molecule has 502 valence electrons. The molecule has 14 heteroatoms. The molecule has 0 aliphatic carbocycles. The van der Waals surface area contributed by atoms with Crippen LogP contribution in [0.25, 0.3) is 0 Å². The second kappa shape index (κ2) is 57.3. The summed E-state index contributed by atoms with van der Waals surface area (Å²) in [5, 5.41) is 87.2. The van der Waals surface area contributed by atoms with Gasteiger partial charge in [0, 0.05) is 6.42 Å². The van der Waals surface area contributed by atoms with E-state index < -0.39 is 86.8 Å². The average Bonchev–Trinajstić information content (AvgIpc) is 1.44. The van der Waals surface area contributed by atoms with Crippen molar-refractivity contribution in [2.45, 2.75) is 274 Å². The second-order valence-electron chi connectivity index (χ2n) is 22.8. The van der Waals surface area contributed by atoms with Crippen LogP contribution in [-0.2, 0) is 23.7 Å². The van der Waals surface area contributed by atoms with Gasteiger partial charge in [0.05, 0.1) is 32.0 Å². The average molecular weight is 1240 g/mol. The number of aliphatic hydroxyl groups excluding tert-OH is 8. The van der Waals surface area contributed by atoms with Gasteiger partial charge >= 0.3 is 0 Å². The molecule has 9 N–H and O–H groups in total. The minimum Gasteiger partial charge on any atom is -0.394 e. The highest BCUT2D eigenvalue weighted by Crippen LogP contribution is 2.30. The monoisotopic (exact) mass is 1240 g/mol.